The number of hydrogen-bond donors (Lipinski definition) is 2. The van der Waals surface area contributed by atoms with Crippen LogP contribution < -0.4 is 15.5 Å². The van der Waals surface area contributed by atoms with Gasteiger partial charge in [0, 0.05) is 17.3 Å². The fourth-order valence-corrected chi connectivity index (χ4v) is 2.56. The lowest BCUT2D eigenvalue weighted by Crippen LogP contribution is -2.12. The summed E-state index contributed by atoms with van der Waals surface area (Å²) in [6.45, 7) is 0. The fraction of sp³-hybridized carbons (Fsp3) is 0.0556. The average molecular weight is 363 g/mol. The number of rotatable bonds is 4. The Morgan fingerprint density at radius 1 is 1.15 bits per heavy atom. The molecule has 0 saturated carbocycles. The summed E-state index contributed by atoms with van der Waals surface area (Å²) >= 11 is 0. The van der Waals surface area contributed by atoms with Gasteiger partial charge in [-0.2, -0.15) is 5.21 Å². The van der Waals surface area contributed by atoms with E-state index in [1.165, 1.54) is 6.07 Å². The van der Waals surface area contributed by atoms with Gasteiger partial charge in [-0.3, -0.25) is 9.59 Å². The molecule has 4 rings (SSSR count). The van der Waals surface area contributed by atoms with E-state index < -0.39 is 0 Å². The highest BCUT2D eigenvalue weighted by Crippen LogP contribution is 2.22. The number of tetrazole rings is 1. The first-order valence-electron chi connectivity index (χ1n) is 7.91. The molecule has 0 aliphatic heterocycles. The first kappa shape index (κ1) is 16.5. The minimum atomic E-state index is -0.301. The van der Waals surface area contributed by atoms with Crippen molar-refractivity contribution < 1.29 is 13.9 Å². The van der Waals surface area contributed by atoms with Gasteiger partial charge in [-0.1, -0.05) is 0 Å². The molecule has 1 amide bonds. The Morgan fingerprint density at radius 2 is 1.96 bits per heavy atom. The van der Waals surface area contributed by atoms with Crippen LogP contribution in [0.25, 0.3) is 22.6 Å². The normalized spacial score (nSPS) is 10.7. The van der Waals surface area contributed by atoms with Gasteiger partial charge in [0.2, 0.25) is 5.82 Å². The molecule has 0 fully saturated rings. The van der Waals surface area contributed by atoms with E-state index in [-0.39, 0.29) is 22.9 Å². The van der Waals surface area contributed by atoms with Gasteiger partial charge in [0.05, 0.1) is 12.5 Å². The Kier molecular flexibility index (Phi) is 4.09. The maximum absolute atomic E-state index is 12.4. The largest absolute Gasteiger partial charge is 0.497 e. The second kappa shape index (κ2) is 6.71. The fourth-order valence-electron chi connectivity index (χ4n) is 2.56. The first-order chi connectivity index (χ1) is 13.1. The Balaban J connectivity index is 1.63. The smallest absolute Gasteiger partial charge is 0.255 e. The van der Waals surface area contributed by atoms with Gasteiger partial charge in [-0.05, 0) is 47.7 Å². The van der Waals surface area contributed by atoms with Crippen LogP contribution >= 0.6 is 0 Å². The van der Waals surface area contributed by atoms with Gasteiger partial charge >= 0.3 is 0 Å². The molecule has 0 saturated heterocycles. The molecule has 27 heavy (non-hydrogen) atoms. The Labute approximate surface area is 152 Å². The molecule has 0 aliphatic rings. The van der Waals surface area contributed by atoms with Crippen LogP contribution in [-0.4, -0.2) is 33.6 Å². The number of nitrogens with one attached hydrogen (secondary N) is 2. The zero-order valence-electron chi connectivity index (χ0n) is 14.1. The maximum Gasteiger partial charge on any atom is 0.255 e. The number of hydrogen-bond acceptors (Lipinski definition) is 7. The quantitative estimate of drug-likeness (QED) is 0.570. The first-order valence-corrected chi connectivity index (χ1v) is 7.91. The van der Waals surface area contributed by atoms with Crippen molar-refractivity contribution >= 4 is 22.6 Å². The van der Waals surface area contributed by atoms with Crippen LogP contribution in [0.15, 0.2) is 57.7 Å². The molecule has 0 bridgehead atoms. The number of methoxy groups -OCH3 is 1. The van der Waals surface area contributed by atoms with Gasteiger partial charge < -0.3 is 14.5 Å². The number of ether oxygens (including phenoxy) is 1. The highest BCUT2D eigenvalue weighted by atomic mass is 16.5. The Bertz CT molecular complexity index is 1170. The van der Waals surface area contributed by atoms with Crippen molar-refractivity contribution in [1.82, 2.24) is 20.6 Å². The summed E-state index contributed by atoms with van der Waals surface area (Å²) in [6.07, 6.45) is 0. The van der Waals surface area contributed by atoms with Crippen LogP contribution in [0.4, 0.5) is 5.69 Å². The topological polar surface area (TPSA) is 123 Å². The number of nitrogens with zero attached hydrogens (tertiary/aromatic N) is 3. The van der Waals surface area contributed by atoms with Gasteiger partial charge in [0.15, 0.2) is 11.2 Å². The third kappa shape index (κ3) is 3.25. The summed E-state index contributed by atoms with van der Waals surface area (Å²) in [5, 5.41) is 16.4. The molecule has 2 aromatic heterocycles. The van der Waals surface area contributed by atoms with Crippen molar-refractivity contribution in [1.29, 1.82) is 0 Å². The standard InChI is InChI=1S/C18H13N5O4/c1-26-12-5-2-10(3-6-12)18(25)19-11-4-7-15-13(8-11)14(24)9-16(27-15)17-20-22-23-21-17/h2-9H,1H3,(H,19,25)(H,20,21,22,23). The molecule has 9 heteroatoms. The monoisotopic (exact) mass is 363 g/mol. The number of amides is 1. The third-order valence-electron chi connectivity index (χ3n) is 3.90. The number of carbonyl (C=O) groups is 1. The number of benzene rings is 2. The Morgan fingerprint density at radius 3 is 2.67 bits per heavy atom. The molecule has 0 unspecified atom stereocenters. The number of H-pyrrole nitrogens is 1. The van der Waals surface area contributed by atoms with E-state index in [0.717, 1.165) is 0 Å². The van der Waals surface area contributed by atoms with Gasteiger partial charge in [-0.25, -0.2) is 0 Å². The Hall–Kier alpha value is -4.01. The molecule has 134 valence electrons. The van der Waals surface area contributed by atoms with Crippen LogP contribution in [0.1, 0.15) is 10.4 Å². The summed E-state index contributed by atoms with van der Waals surface area (Å²) in [6, 6.07) is 12.8. The van der Waals surface area contributed by atoms with Crippen LogP contribution in [0, 0.1) is 0 Å². The summed E-state index contributed by atoms with van der Waals surface area (Å²) in [7, 11) is 1.56. The number of anilines is 1. The molecular weight excluding hydrogens is 350 g/mol. The van der Waals surface area contributed by atoms with Crippen molar-refractivity contribution in [3.05, 3.63) is 64.3 Å². The average Bonchev–Trinajstić information content (AvgIpc) is 3.23. The molecule has 4 aromatic rings. The van der Waals surface area contributed by atoms with Crippen molar-refractivity contribution in [2.45, 2.75) is 0 Å². The van der Waals surface area contributed by atoms with Gasteiger partial charge in [0.25, 0.3) is 5.91 Å². The molecule has 2 aromatic carbocycles. The van der Waals surface area contributed by atoms with E-state index in [9.17, 15) is 9.59 Å². The van der Waals surface area contributed by atoms with E-state index in [1.54, 1.807) is 49.6 Å². The molecule has 0 spiro atoms. The van der Waals surface area contributed by atoms with Crippen LogP contribution in [0.5, 0.6) is 5.75 Å². The summed E-state index contributed by atoms with van der Waals surface area (Å²) < 4.78 is 10.7. The third-order valence-corrected chi connectivity index (χ3v) is 3.90. The molecule has 0 aliphatic carbocycles. The van der Waals surface area contributed by atoms with E-state index in [2.05, 4.69) is 25.9 Å². The van der Waals surface area contributed by atoms with Crippen molar-refractivity contribution in [2.75, 3.05) is 12.4 Å². The lowest BCUT2D eigenvalue weighted by molar-refractivity contribution is 0.102. The van der Waals surface area contributed by atoms with E-state index in [0.29, 0.717) is 28.0 Å². The zero-order chi connectivity index (χ0) is 18.8. The zero-order valence-corrected chi connectivity index (χ0v) is 14.1. The lowest BCUT2D eigenvalue weighted by Gasteiger charge is -2.07. The summed E-state index contributed by atoms with van der Waals surface area (Å²) in [4.78, 5) is 24.8. The van der Waals surface area contributed by atoms with Crippen LogP contribution in [0.2, 0.25) is 0 Å². The minimum absolute atomic E-state index is 0.186. The molecule has 0 atom stereocenters. The number of aromatic amines is 1. The van der Waals surface area contributed by atoms with E-state index in [1.807, 2.05) is 0 Å². The van der Waals surface area contributed by atoms with Crippen LogP contribution in [-0.2, 0) is 0 Å². The number of aromatic nitrogens is 4. The molecule has 9 nitrogen and oxygen atoms in total. The van der Waals surface area contributed by atoms with Gasteiger partial charge in [-0.15, -0.1) is 10.2 Å². The maximum atomic E-state index is 12.4. The highest BCUT2D eigenvalue weighted by Gasteiger charge is 2.12. The number of carbonyl (C=O) groups excluding carboxylic acids is 1. The van der Waals surface area contributed by atoms with E-state index in [4.69, 9.17) is 9.15 Å². The minimum Gasteiger partial charge on any atom is -0.497 e. The number of fused-ring (bicyclic) bond motifs is 1. The molecule has 0 radical (unpaired) electrons. The lowest BCUT2D eigenvalue weighted by atomic mass is 10.1. The second-order valence-corrected chi connectivity index (χ2v) is 5.60. The van der Waals surface area contributed by atoms with Crippen molar-refractivity contribution in [2.24, 2.45) is 0 Å². The van der Waals surface area contributed by atoms with Crippen molar-refractivity contribution in [3.8, 4) is 17.3 Å². The van der Waals surface area contributed by atoms with Gasteiger partial charge in [0.1, 0.15) is 11.3 Å². The molecule has 2 N–H and O–H groups in total. The second-order valence-electron chi connectivity index (χ2n) is 5.60. The SMILES string of the molecule is COc1ccc(C(=O)Nc2ccc3oc(-c4nn[nH]n4)cc(=O)c3c2)cc1. The summed E-state index contributed by atoms with van der Waals surface area (Å²) in [5.74, 6) is 0.749. The highest BCUT2D eigenvalue weighted by molar-refractivity contribution is 6.05. The molecule has 2 heterocycles. The van der Waals surface area contributed by atoms with Crippen LogP contribution in [0.3, 0.4) is 0 Å². The predicted molar refractivity (Wildman–Crippen MR) is 96.6 cm³/mol. The van der Waals surface area contributed by atoms with Crippen molar-refractivity contribution in [3.63, 3.8) is 0 Å². The molecular formula is C18H13N5O4. The predicted octanol–water partition coefficient (Wildman–Crippen LogP) is 2.23. The summed E-state index contributed by atoms with van der Waals surface area (Å²) in [5.41, 5.74) is 1.01. The van der Waals surface area contributed by atoms with E-state index >= 15 is 0 Å².